The Bertz CT molecular complexity index is 1270. The van der Waals surface area contributed by atoms with Crippen molar-refractivity contribution in [3.05, 3.63) is 46.6 Å². The lowest BCUT2D eigenvalue weighted by atomic mass is 9.96. The van der Waals surface area contributed by atoms with E-state index in [1.807, 2.05) is 46.9 Å². The van der Waals surface area contributed by atoms with Crippen LogP contribution >= 0.6 is 54.8 Å². The van der Waals surface area contributed by atoms with Gasteiger partial charge in [-0.05, 0) is 109 Å². The van der Waals surface area contributed by atoms with Crippen LogP contribution in [-0.2, 0) is 36.8 Å². The van der Waals surface area contributed by atoms with Gasteiger partial charge in [0.25, 0.3) is 0 Å². The SMILES string of the molecule is COc1cc(CCCCC(F)(I)[C@@H]2CCN(C(C(=O)OI)c3cc(P)ccc3COC3CCOCC3)C2)nc2c1CCCN2. The molecule has 0 spiro atoms. The molecule has 1 N–H and O–H groups in total. The first-order valence-corrected chi connectivity index (χ1v) is 18.2. The second-order valence-corrected chi connectivity index (χ2v) is 14.9. The summed E-state index contributed by atoms with van der Waals surface area (Å²) in [7, 11) is 4.42. The number of halogens is 3. The van der Waals surface area contributed by atoms with E-state index in [2.05, 4.69) is 19.5 Å². The Hall–Kier alpha value is -0.860. The molecule has 44 heavy (non-hydrogen) atoms. The van der Waals surface area contributed by atoms with Gasteiger partial charge < -0.3 is 22.6 Å². The third-order valence-electron chi connectivity index (χ3n) is 9.03. The molecule has 8 nitrogen and oxygen atoms in total. The molecule has 5 rings (SSSR count). The summed E-state index contributed by atoms with van der Waals surface area (Å²) in [6, 6.07) is 7.48. The Morgan fingerprint density at radius 2 is 2.09 bits per heavy atom. The van der Waals surface area contributed by atoms with Crippen molar-refractivity contribution in [3.8, 4) is 5.75 Å². The average molecular weight is 853 g/mol. The Morgan fingerprint density at radius 1 is 1.27 bits per heavy atom. The summed E-state index contributed by atoms with van der Waals surface area (Å²) in [6.45, 7) is 3.87. The van der Waals surface area contributed by atoms with Crippen molar-refractivity contribution >= 4 is 71.9 Å². The first kappa shape index (κ1) is 34.5. The summed E-state index contributed by atoms with van der Waals surface area (Å²) in [6.07, 6.45) is 7.46. The molecule has 2 saturated heterocycles. The Kier molecular flexibility index (Phi) is 12.8. The predicted octanol–water partition coefficient (Wildman–Crippen LogP) is 6.41. The molecule has 1 aromatic heterocycles. The molecule has 3 aliphatic rings. The molecule has 3 aliphatic heterocycles. The molecular weight excluding hydrogens is 810 g/mol. The lowest BCUT2D eigenvalue weighted by Crippen LogP contribution is -2.36. The third-order valence-corrected chi connectivity index (χ3v) is 11.2. The third kappa shape index (κ3) is 8.73. The number of methoxy groups -OCH3 is 1. The van der Waals surface area contributed by atoms with Gasteiger partial charge in [-0.2, -0.15) is 0 Å². The van der Waals surface area contributed by atoms with E-state index in [-0.39, 0.29) is 18.0 Å². The number of ether oxygens (including phenoxy) is 3. The minimum atomic E-state index is -1.37. The summed E-state index contributed by atoms with van der Waals surface area (Å²) >= 11 is 3.67. The second kappa shape index (κ2) is 16.3. The molecule has 1 aromatic carbocycles. The van der Waals surface area contributed by atoms with Crippen LogP contribution in [0.3, 0.4) is 0 Å². The Balaban J connectivity index is 1.20. The van der Waals surface area contributed by atoms with E-state index in [4.69, 9.17) is 22.3 Å². The Labute approximate surface area is 290 Å². The maximum Gasteiger partial charge on any atom is 0.337 e. The van der Waals surface area contributed by atoms with Crippen molar-refractivity contribution < 1.29 is 26.5 Å². The fourth-order valence-corrected chi connectivity index (χ4v) is 7.98. The number of aromatic nitrogens is 1. The highest BCUT2D eigenvalue weighted by molar-refractivity contribution is 14.1. The van der Waals surface area contributed by atoms with Crippen molar-refractivity contribution in [2.24, 2.45) is 5.92 Å². The molecule has 0 aliphatic carbocycles. The number of nitrogens with one attached hydrogen (secondary N) is 1. The van der Waals surface area contributed by atoms with Crippen molar-refractivity contribution in [2.75, 3.05) is 45.3 Å². The van der Waals surface area contributed by atoms with Crippen LogP contribution in [0.15, 0.2) is 24.3 Å². The summed E-state index contributed by atoms with van der Waals surface area (Å²) in [4.78, 5) is 20.2. The van der Waals surface area contributed by atoms with E-state index in [1.54, 1.807) is 30.1 Å². The minimum Gasteiger partial charge on any atom is -0.496 e. The van der Waals surface area contributed by atoms with Gasteiger partial charge in [-0.3, -0.25) is 4.90 Å². The quantitative estimate of drug-likeness (QED) is 0.107. The van der Waals surface area contributed by atoms with Crippen molar-refractivity contribution in [2.45, 2.75) is 80.2 Å². The summed E-state index contributed by atoms with van der Waals surface area (Å²) in [5.74, 6) is 1.30. The van der Waals surface area contributed by atoms with Crippen LogP contribution in [0, 0.1) is 5.92 Å². The number of pyridine rings is 1. The highest BCUT2D eigenvalue weighted by Gasteiger charge is 2.44. The number of rotatable bonds is 13. The molecule has 0 radical (unpaired) electrons. The van der Waals surface area contributed by atoms with Crippen LogP contribution in [0.2, 0.25) is 0 Å². The van der Waals surface area contributed by atoms with Crippen LogP contribution in [0.25, 0.3) is 0 Å². The zero-order valence-electron chi connectivity index (χ0n) is 25.3. The Morgan fingerprint density at radius 3 is 2.86 bits per heavy atom. The van der Waals surface area contributed by atoms with E-state index < -0.39 is 9.72 Å². The monoisotopic (exact) mass is 853 g/mol. The number of unbranched alkanes of at least 4 members (excludes halogenated alkanes) is 1. The lowest BCUT2D eigenvalue weighted by molar-refractivity contribution is -0.137. The van der Waals surface area contributed by atoms with Crippen molar-refractivity contribution in [1.29, 1.82) is 0 Å². The fourth-order valence-electron chi connectivity index (χ4n) is 6.57. The van der Waals surface area contributed by atoms with Crippen LogP contribution in [-0.4, -0.2) is 65.6 Å². The molecule has 2 aromatic rings. The van der Waals surface area contributed by atoms with Crippen LogP contribution in [0.1, 0.15) is 73.4 Å². The van der Waals surface area contributed by atoms with Gasteiger partial charge in [-0.1, -0.05) is 12.1 Å². The number of fused-ring (bicyclic) bond motifs is 1. The number of aryl methyl sites for hydroxylation is 1. The molecule has 0 amide bonds. The molecule has 4 heterocycles. The number of carbonyl (C=O) groups excluding carboxylic acids is 1. The number of carbonyl (C=O) groups is 1. The van der Waals surface area contributed by atoms with Gasteiger partial charge in [0.2, 0.25) is 0 Å². The van der Waals surface area contributed by atoms with E-state index in [9.17, 15) is 4.79 Å². The topological polar surface area (TPSA) is 82.2 Å². The van der Waals surface area contributed by atoms with Gasteiger partial charge in [0.15, 0.2) is 26.7 Å². The van der Waals surface area contributed by atoms with E-state index in [0.29, 0.717) is 45.8 Å². The number of hydrogen-bond acceptors (Lipinski definition) is 8. The van der Waals surface area contributed by atoms with E-state index in [1.165, 1.54) is 0 Å². The highest BCUT2D eigenvalue weighted by atomic mass is 127. The molecule has 12 heteroatoms. The second-order valence-electron chi connectivity index (χ2n) is 12.0. The smallest absolute Gasteiger partial charge is 0.337 e. The number of benzene rings is 1. The number of hydrogen-bond donors (Lipinski definition) is 1. The first-order chi connectivity index (χ1) is 21.3. The van der Waals surface area contributed by atoms with Gasteiger partial charge in [0, 0.05) is 49.5 Å². The van der Waals surface area contributed by atoms with Crippen molar-refractivity contribution in [3.63, 3.8) is 0 Å². The van der Waals surface area contributed by atoms with E-state index in [0.717, 1.165) is 90.7 Å². The zero-order valence-corrected chi connectivity index (χ0v) is 30.8. The molecule has 3 unspecified atom stereocenters. The van der Waals surface area contributed by atoms with Crippen LogP contribution in [0.5, 0.6) is 5.75 Å². The van der Waals surface area contributed by atoms with E-state index >= 15 is 4.39 Å². The summed E-state index contributed by atoms with van der Waals surface area (Å²) in [5.41, 5.74) is 3.96. The number of anilines is 1. The molecule has 4 atom stereocenters. The number of alkyl halides is 2. The predicted molar refractivity (Wildman–Crippen MR) is 190 cm³/mol. The first-order valence-electron chi connectivity index (χ1n) is 15.6. The van der Waals surface area contributed by atoms with Gasteiger partial charge in [0.05, 0.1) is 19.8 Å². The minimum absolute atomic E-state index is 0.145. The molecule has 242 valence electrons. The molecular formula is C32H43FI2N3O5P. The highest BCUT2D eigenvalue weighted by Crippen LogP contribution is 2.43. The normalized spacial score (nSPS) is 21.2. The zero-order chi connectivity index (χ0) is 31.1. The van der Waals surface area contributed by atoms with Gasteiger partial charge in [-0.15, -0.1) is 9.24 Å². The molecule has 0 bridgehead atoms. The van der Waals surface area contributed by atoms with Crippen molar-refractivity contribution in [1.82, 2.24) is 9.88 Å². The largest absolute Gasteiger partial charge is 0.496 e. The maximum absolute atomic E-state index is 16.2. The molecule has 0 saturated carbocycles. The van der Waals surface area contributed by atoms with Crippen LogP contribution < -0.4 is 15.4 Å². The standard InChI is InChI=1S/C32H43FI2N3O5P/c1-40-28-17-23(37-30-26(28)6-4-13-36-30)5-2-3-12-32(33,34)22-9-14-38(19-22)29(31(39)43-35)27-18-25(44)8-7-21(27)20-42-24-10-15-41-16-11-24/h7-8,17-18,22,24,29H,2-6,9-16,19-20,44H2,1H3,(H,36,37)/t22-,29?,32?/m1/s1. The maximum atomic E-state index is 16.2. The lowest BCUT2D eigenvalue weighted by Gasteiger charge is -2.30. The fraction of sp³-hybridized carbons (Fsp3) is 0.625. The summed E-state index contributed by atoms with van der Waals surface area (Å²) in [5, 5.41) is 4.37. The summed E-state index contributed by atoms with van der Waals surface area (Å²) < 4.78 is 37.5. The van der Waals surface area contributed by atoms with Gasteiger partial charge >= 0.3 is 5.97 Å². The van der Waals surface area contributed by atoms with Gasteiger partial charge in [0.1, 0.15) is 17.6 Å². The van der Waals surface area contributed by atoms with Gasteiger partial charge in [-0.25, -0.2) is 14.2 Å². The average Bonchev–Trinajstić information content (AvgIpc) is 3.54. The van der Waals surface area contributed by atoms with Crippen LogP contribution in [0.4, 0.5) is 10.2 Å². The molecule has 2 fully saturated rings. The number of nitrogens with zero attached hydrogens (tertiary/aromatic N) is 2. The number of likely N-dealkylation sites (tertiary alicyclic amines) is 1.